The summed E-state index contributed by atoms with van der Waals surface area (Å²) in [6.07, 6.45) is -4.25. The van der Waals surface area contributed by atoms with E-state index >= 15 is 0 Å². The molecule has 0 aliphatic heterocycles. The number of carbonyl (C=O) groups is 1. The molecule has 1 aromatic rings. The molecule has 0 heterocycles. The van der Waals surface area contributed by atoms with Gasteiger partial charge in [-0.3, -0.25) is 0 Å². The van der Waals surface area contributed by atoms with Gasteiger partial charge >= 0.3 is 12.4 Å². The van der Waals surface area contributed by atoms with E-state index in [-0.39, 0.29) is 24.1 Å². The van der Waals surface area contributed by atoms with Gasteiger partial charge in [-0.05, 0) is 38.9 Å². The van der Waals surface area contributed by atoms with Gasteiger partial charge in [0.1, 0.15) is 11.5 Å². The second kappa shape index (κ2) is 8.47. The summed E-state index contributed by atoms with van der Waals surface area (Å²) in [6, 6.07) is 2.75. The lowest BCUT2D eigenvalue weighted by Crippen LogP contribution is -2.34. The maximum atomic E-state index is 12.3. The first-order chi connectivity index (χ1) is 10.7. The third kappa shape index (κ3) is 7.59. The van der Waals surface area contributed by atoms with Crippen LogP contribution in [0.25, 0.3) is 0 Å². The van der Waals surface area contributed by atoms with E-state index in [1.165, 1.54) is 6.07 Å². The minimum absolute atomic E-state index is 0.0712. The third-order valence-electron chi connectivity index (χ3n) is 2.46. The lowest BCUT2D eigenvalue weighted by Gasteiger charge is -2.16. The number of hydrogen-bond donors (Lipinski definition) is 3. The van der Waals surface area contributed by atoms with Gasteiger partial charge in [0.15, 0.2) is 0 Å². The Morgan fingerprint density at radius 2 is 2.04 bits per heavy atom. The number of ether oxygens (including phenoxy) is 2. The van der Waals surface area contributed by atoms with Crippen molar-refractivity contribution in [3.63, 3.8) is 0 Å². The van der Waals surface area contributed by atoms with Crippen molar-refractivity contribution in [1.82, 2.24) is 5.32 Å². The monoisotopic (exact) mass is 335 g/mol. The molecule has 9 heteroatoms. The number of anilines is 1. The molecule has 0 aliphatic carbocycles. The van der Waals surface area contributed by atoms with Crippen LogP contribution in [0.5, 0.6) is 11.5 Å². The van der Waals surface area contributed by atoms with Gasteiger partial charge in [-0.2, -0.15) is 0 Å². The maximum Gasteiger partial charge on any atom is 0.573 e. The fourth-order valence-corrected chi connectivity index (χ4v) is 1.62. The summed E-state index contributed by atoms with van der Waals surface area (Å²) in [6.45, 7) is 4.19. The summed E-state index contributed by atoms with van der Waals surface area (Å²) in [5.41, 5.74) is 5.43. The quantitative estimate of drug-likeness (QED) is 0.669. The van der Waals surface area contributed by atoms with Crippen LogP contribution in [0.1, 0.15) is 20.3 Å². The Bertz CT molecular complexity index is 522. The average Bonchev–Trinajstić information content (AvgIpc) is 2.38. The molecule has 0 atom stereocenters. The molecule has 23 heavy (non-hydrogen) atoms. The van der Waals surface area contributed by atoms with Crippen LogP contribution in [0.15, 0.2) is 18.2 Å². The molecule has 0 aliphatic rings. The van der Waals surface area contributed by atoms with Crippen LogP contribution in [0.3, 0.4) is 0 Å². The summed E-state index contributed by atoms with van der Waals surface area (Å²) in [7, 11) is 0. The number of nitrogens with one attached hydrogen (secondary N) is 2. The van der Waals surface area contributed by atoms with Gasteiger partial charge in [0.2, 0.25) is 0 Å². The van der Waals surface area contributed by atoms with Crippen LogP contribution in [0.2, 0.25) is 0 Å². The topological polar surface area (TPSA) is 85.6 Å². The molecule has 0 radical (unpaired) electrons. The van der Waals surface area contributed by atoms with Crippen molar-refractivity contribution in [1.29, 1.82) is 0 Å². The normalized spacial score (nSPS) is 11.3. The second-order valence-electron chi connectivity index (χ2n) is 4.95. The van der Waals surface area contributed by atoms with E-state index in [9.17, 15) is 18.0 Å². The number of hydrogen-bond acceptors (Lipinski definition) is 4. The van der Waals surface area contributed by atoms with Gasteiger partial charge in [0.05, 0.1) is 12.3 Å². The van der Waals surface area contributed by atoms with Crippen molar-refractivity contribution < 1.29 is 27.4 Å². The van der Waals surface area contributed by atoms with Gasteiger partial charge in [-0.15, -0.1) is 13.2 Å². The lowest BCUT2D eigenvalue weighted by atomic mass is 10.2. The number of alkyl halides is 3. The standard InChI is InChI=1S/C14H20F3N3O3/c1-9(2)19-13(21)20-11-8-10(23-14(15,16)17)4-5-12(11)22-7-3-6-18/h4-5,8-9H,3,6-7,18H2,1-2H3,(H2,19,20,21). The average molecular weight is 335 g/mol. The van der Waals surface area contributed by atoms with Crippen molar-refractivity contribution in [3.05, 3.63) is 18.2 Å². The van der Waals surface area contributed by atoms with E-state index in [1.807, 2.05) is 0 Å². The molecule has 0 bridgehead atoms. The lowest BCUT2D eigenvalue weighted by molar-refractivity contribution is -0.274. The zero-order chi connectivity index (χ0) is 17.5. The molecule has 0 fully saturated rings. The zero-order valence-corrected chi connectivity index (χ0v) is 12.9. The molecule has 6 nitrogen and oxygen atoms in total. The van der Waals surface area contributed by atoms with Gasteiger partial charge < -0.3 is 25.8 Å². The Morgan fingerprint density at radius 1 is 1.35 bits per heavy atom. The van der Waals surface area contributed by atoms with Gasteiger partial charge in [0.25, 0.3) is 0 Å². The molecule has 0 saturated carbocycles. The molecule has 1 aromatic carbocycles. The summed E-state index contributed by atoms with van der Waals surface area (Å²) in [4.78, 5) is 11.7. The van der Waals surface area contributed by atoms with E-state index in [2.05, 4.69) is 15.4 Å². The zero-order valence-electron chi connectivity index (χ0n) is 12.9. The van der Waals surface area contributed by atoms with Crippen molar-refractivity contribution in [2.24, 2.45) is 5.73 Å². The van der Waals surface area contributed by atoms with Gasteiger partial charge in [-0.25, -0.2) is 4.79 Å². The van der Waals surface area contributed by atoms with Crippen molar-refractivity contribution in [2.45, 2.75) is 32.7 Å². The Labute approximate surface area is 132 Å². The van der Waals surface area contributed by atoms with Crippen LogP contribution in [-0.4, -0.2) is 31.6 Å². The number of nitrogens with two attached hydrogens (primary N) is 1. The van der Waals surface area contributed by atoms with Crippen LogP contribution in [0, 0.1) is 0 Å². The molecule has 4 N–H and O–H groups in total. The van der Waals surface area contributed by atoms with Gasteiger partial charge in [-0.1, -0.05) is 0 Å². The smallest absolute Gasteiger partial charge is 0.491 e. The van der Waals surface area contributed by atoms with Crippen LogP contribution >= 0.6 is 0 Å². The van der Waals surface area contributed by atoms with E-state index in [1.54, 1.807) is 13.8 Å². The number of rotatable bonds is 7. The summed E-state index contributed by atoms with van der Waals surface area (Å²) < 4.78 is 46.1. The summed E-state index contributed by atoms with van der Waals surface area (Å²) >= 11 is 0. The third-order valence-corrected chi connectivity index (χ3v) is 2.46. The molecule has 1 rings (SSSR count). The fourth-order valence-electron chi connectivity index (χ4n) is 1.62. The predicted molar refractivity (Wildman–Crippen MR) is 79.6 cm³/mol. The minimum atomic E-state index is -4.82. The number of carbonyl (C=O) groups excluding carboxylic acids is 1. The van der Waals surface area contributed by atoms with Crippen molar-refractivity contribution in [3.8, 4) is 11.5 Å². The first kappa shape index (κ1) is 18.9. The van der Waals surface area contributed by atoms with Crippen molar-refractivity contribution >= 4 is 11.7 Å². The molecule has 0 aromatic heterocycles. The molecule has 0 saturated heterocycles. The highest BCUT2D eigenvalue weighted by Crippen LogP contribution is 2.32. The van der Waals surface area contributed by atoms with E-state index in [0.717, 1.165) is 12.1 Å². The van der Waals surface area contributed by atoms with E-state index in [0.29, 0.717) is 13.0 Å². The number of benzene rings is 1. The highest BCUT2D eigenvalue weighted by Gasteiger charge is 2.31. The number of urea groups is 1. The number of halogens is 3. The van der Waals surface area contributed by atoms with Crippen LogP contribution < -0.4 is 25.8 Å². The first-order valence-electron chi connectivity index (χ1n) is 7.01. The maximum absolute atomic E-state index is 12.3. The Hall–Kier alpha value is -2.16. The fraction of sp³-hybridized carbons (Fsp3) is 0.500. The highest BCUT2D eigenvalue weighted by atomic mass is 19.4. The SMILES string of the molecule is CC(C)NC(=O)Nc1cc(OC(F)(F)F)ccc1OCCCN. The largest absolute Gasteiger partial charge is 0.573 e. The van der Waals surface area contributed by atoms with Gasteiger partial charge in [0, 0.05) is 12.1 Å². The predicted octanol–water partition coefficient (Wildman–Crippen LogP) is 2.84. The molecular formula is C14H20F3N3O3. The Morgan fingerprint density at radius 3 is 2.61 bits per heavy atom. The van der Waals surface area contributed by atoms with E-state index in [4.69, 9.17) is 10.5 Å². The summed E-state index contributed by atoms with van der Waals surface area (Å²) in [5, 5.41) is 5.01. The Balaban J connectivity index is 2.93. The summed E-state index contributed by atoms with van der Waals surface area (Å²) in [5.74, 6) is -0.226. The Kier molecular flexibility index (Phi) is 6.95. The van der Waals surface area contributed by atoms with Crippen LogP contribution in [0.4, 0.5) is 23.7 Å². The molecule has 130 valence electrons. The number of amides is 2. The molecule has 0 unspecified atom stereocenters. The van der Waals surface area contributed by atoms with Crippen LogP contribution in [-0.2, 0) is 0 Å². The highest BCUT2D eigenvalue weighted by molar-refractivity contribution is 5.91. The molecule has 0 spiro atoms. The van der Waals surface area contributed by atoms with Crippen molar-refractivity contribution in [2.75, 3.05) is 18.5 Å². The first-order valence-corrected chi connectivity index (χ1v) is 7.01. The second-order valence-corrected chi connectivity index (χ2v) is 4.95. The minimum Gasteiger partial charge on any atom is -0.491 e. The van der Waals surface area contributed by atoms with E-state index < -0.39 is 18.1 Å². The molecule has 2 amide bonds. The molecular weight excluding hydrogens is 315 g/mol.